The standard InChI is InChI=1S/C12H15IO6/c13-12-10(17)9(16)11(8(5-14)19-12)18-7-3-1-6(15)2-4-7/h1-4,8-12,14-17H,5H2/t8?,9?,10?,11-,12+/m1/s1. The Morgan fingerprint density at radius 3 is 2.37 bits per heavy atom. The molecule has 1 heterocycles. The fourth-order valence-electron chi connectivity index (χ4n) is 1.87. The highest BCUT2D eigenvalue weighted by atomic mass is 127. The van der Waals surface area contributed by atoms with Crippen molar-refractivity contribution in [3.05, 3.63) is 24.3 Å². The number of aliphatic hydroxyl groups excluding tert-OH is 3. The van der Waals surface area contributed by atoms with E-state index < -0.39 is 28.5 Å². The molecule has 0 amide bonds. The Balaban J connectivity index is 2.13. The molecule has 2 rings (SSSR count). The average Bonchev–Trinajstić information content (AvgIpc) is 2.41. The molecular weight excluding hydrogens is 367 g/mol. The normalized spacial score (nSPS) is 35.1. The summed E-state index contributed by atoms with van der Waals surface area (Å²) in [7, 11) is 0. The van der Waals surface area contributed by atoms with Crippen molar-refractivity contribution in [1.82, 2.24) is 0 Å². The number of phenols is 1. The second-order valence-corrected chi connectivity index (χ2v) is 5.49. The summed E-state index contributed by atoms with van der Waals surface area (Å²) < 4.78 is 10.3. The number of hydrogen-bond donors (Lipinski definition) is 4. The minimum Gasteiger partial charge on any atom is -0.508 e. The molecule has 0 spiro atoms. The van der Waals surface area contributed by atoms with Gasteiger partial charge in [0.2, 0.25) is 0 Å². The van der Waals surface area contributed by atoms with Gasteiger partial charge in [-0.15, -0.1) is 0 Å². The molecule has 0 aromatic heterocycles. The summed E-state index contributed by atoms with van der Waals surface area (Å²) in [5, 5.41) is 38.2. The second kappa shape index (κ2) is 6.23. The Hall–Kier alpha value is -0.610. The van der Waals surface area contributed by atoms with Crippen LogP contribution in [-0.2, 0) is 4.74 Å². The zero-order chi connectivity index (χ0) is 14.0. The number of rotatable bonds is 3. The fourth-order valence-corrected chi connectivity index (χ4v) is 2.67. The summed E-state index contributed by atoms with van der Waals surface area (Å²) >= 11 is 1.85. The lowest BCUT2D eigenvalue weighted by Gasteiger charge is -2.40. The van der Waals surface area contributed by atoms with E-state index in [1.165, 1.54) is 24.3 Å². The predicted octanol–water partition coefficient (Wildman–Crippen LogP) is 0.0136. The fraction of sp³-hybridized carbons (Fsp3) is 0.500. The summed E-state index contributed by atoms with van der Waals surface area (Å²) in [4.78, 5) is 0. The van der Waals surface area contributed by atoms with E-state index in [1.54, 1.807) is 0 Å². The van der Waals surface area contributed by atoms with Crippen molar-refractivity contribution in [2.75, 3.05) is 6.61 Å². The average molecular weight is 382 g/mol. The van der Waals surface area contributed by atoms with Crippen molar-refractivity contribution in [1.29, 1.82) is 0 Å². The van der Waals surface area contributed by atoms with Crippen molar-refractivity contribution < 1.29 is 29.9 Å². The van der Waals surface area contributed by atoms with Crippen LogP contribution in [0.5, 0.6) is 11.5 Å². The quantitative estimate of drug-likeness (QED) is 0.435. The number of benzene rings is 1. The summed E-state index contributed by atoms with van der Waals surface area (Å²) in [6.45, 7) is -0.327. The maximum Gasteiger partial charge on any atom is 0.155 e. The molecule has 1 aliphatic rings. The molecule has 7 heteroatoms. The summed E-state index contributed by atoms with van der Waals surface area (Å²) in [5.41, 5.74) is 0. The number of aromatic hydroxyl groups is 1. The van der Waals surface area contributed by atoms with Crippen LogP contribution in [0.4, 0.5) is 0 Å². The minimum atomic E-state index is -1.17. The van der Waals surface area contributed by atoms with Gasteiger partial charge in [-0.25, -0.2) is 0 Å². The molecule has 1 aliphatic heterocycles. The van der Waals surface area contributed by atoms with Crippen LogP contribution >= 0.6 is 22.6 Å². The molecule has 4 N–H and O–H groups in total. The van der Waals surface area contributed by atoms with Crippen LogP contribution in [0.3, 0.4) is 0 Å². The molecule has 1 aromatic carbocycles. The van der Waals surface area contributed by atoms with E-state index in [9.17, 15) is 20.4 Å². The number of ether oxygens (including phenoxy) is 2. The second-order valence-electron chi connectivity index (χ2n) is 4.27. The summed E-state index contributed by atoms with van der Waals surface area (Å²) in [6.07, 6.45) is -3.86. The van der Waals surface area contributed by atoms with Crippen LogP contribution in [0.1, 0.15) is 0 Å². The summed E-state index contributed by atoms with van der Waals surface area (Å²) in [5.74, 6) is 0.502. The van der Waals surface area contributed by atoms with Gasteiger partial charge in [-0.05, 0) is 46.9 Å². The molecule has 0 aliphatic carbocycles. The van der Waals surface area contributed by atoms with Gasteiger partial charge in [0.15, 0.2) is 6.10 Å². The van der Waals surface area contributed by atoms with Gasteiger partial charge in [0, 0.05) is 0 Å². The Morgan fingerprint density at radius 1 is 1.16 bits per heavy atom. The number of aliphatic hydroxyl groups is 3. The van der Waals surface area contributed by atoms with Gasteiger partial charge in [0.25, 0.3) is 0 Å². The first-order valence-electron chi connectivity index (χ1n) is 5.75. The van der Waals surface area contributed by atoms with Crippen LogP contribution < -0.4 is 4.74 Å². The van der Waals surface area contributed by atoms with Gasteiger partial charge >= 0.3 is 0 Å². The largest absolute Gasteiger partial charge is 0.508 e. The number of phenolic OH excluding ortho intramolecular Hbond substituents is 1. The highest BCUT2D eigenvalue weighted by molar-refractivity contribution is 14.1. The van der Waals surface area contributed by atoms with Crippen molar-refractivity contribution in [3.8, 4) is 11.5 Å². The van der Waals surface area contributed by atoms with Crippen LogP contribution in [0.15, 0.2) is 24.3 Å². The molecule has 106 valence electrons. The lowest BCUT2D eigenvalue weighted by atomic mass is 10.0. The molecule has 19 heavy (non-hydrogen) atoms. The zero-order valence-electron chi connectivity index (χ0n) is 9.89. The molecule has 0 radical (unpaired) electrons. The van der Waals surface area contributed by atoms with E-state index in [0.717, 1.165) is 0 Å². The number of alkyl halides is 1. The molecule has 1 saturated heterocycles. The highest BCUT2D eigenvalue weighted by Gasteiger charge is 2.44. The van der Waals surface area contributed by atoms with Gasteiger partial charge in [0.05, 0.1) is 6.61 Å². The van der Waals surface area contributed by atoms with Crippen molar-refractivity contribution in [3.63, 3.8) is 0 Å². The number of halogens is 1. The SMILES string of the molecule is OCC1O[C@H](I)C(O)C(O)[C@@H]1Oc1ccc(O)cc1. The molecule has 0 saturated carbocycles. The summed E-state index contributed by atoms with van der Waals surface area (Å²) in [6, 6.07) is 5.94. The van der Waals surface area contributed by atoms with Gasteiger partial charge in [-0.1, -0.05) is 0 Å². The van der Waals surface area contributed by atoms with E-state index in [0.29, 0.717) is 5.75 Å². The van der Waals surface area contributed by atoms with Crippen molar-refractivity contribution in [2.45, 2.75) is 28.5 Å². The monoisotopic (exact) mass is 382 g/mol. The maximum absolute atomic E-state index is 10.0. The maximum atomic E-state index is 10.0. The molecule has 0 bridgehead atoms. The molecule has 5 atom stereocenters. The third kappa shape index (κ3) is 3.29. The first-order chi connectivity index (χ1) is 9.02. The van der Waals surface area contributed by atoms with E-state index >= 15 is 0 Å². The van der Waals surface area contributed by atoms with Crippen molar-refractivity contribution >= 4 is 22.6 Å². The lowest BCUT2D eigenvalue weighted by molar-refractivity contribution is -0.193. The van der Waals surface area contributed by atoms with E-state index in [-0.39, 0.29) is 12.4 Å². The molecular formula is C12H15IO6. The van der Waals surface area contributed by atoms with Crippen molar-refractivity contribution in [2.24, 2.45) is 0 Å². The van der Waals surface area contributed by atoms with Crippen LogP contribution in [0, 0.1) is 0 Å². The first-order valence-corrected chi connectivity index (χ1v) is 6.99. The Morgan fingerprint density at radius 2 is 1.79 bits per heavy atom. The first kappa shape index (κ1) is 14.8. The van der Waals surface area contributed by atoms with E-state index in [4.69, 9.17) is 9.47 Å². The van der Waals surface area contributed by atoms with E-state index in [2.05, 4.69) is 0 Å². The van der Waals surface area contributed by atoms with Gasteiger partial charge in [-0.2, -0.15) is 0 Å². The Kier molecular flexibility index (Phi) is 4.85. The highest BCUT2D eigenvalue weighted by Crippen LogP contribution is 2.28. The van der Waals surface area contributed by atoms with E-state index in [1.807, 2.05) is 22.6 Å². The topological polar surface area (TPSA) is 99.4 Å². The molecule has 1 fully saturated rings. The molecule has 6 nitrogen and oxygen atoms in total. The van der Waals surface area contributed by atoms with Gasteiger partial charge in [-0.3, -0.25) is 0 Å². The smallest absolute Gasteiger partial charge is 0.155 e. The zero-order valence-corrected chi connectivity index (χ0v) is 12.0. The lowest BCUT2D eigenvalue weighted by Crippen LogP contribution is -2.59. The molecule has 1 aromatic rings. The van der Waals surface area contributed by atoms with Gasteiger partial charge in [0.1, 0.15) is 33.9 Å². The van der Waals surface area contributed by atoms with Crippen LogP contribution in [0.25, 0.3) is 0 Å². The predicted molar refractivity (Wildman–Crippen MR) is 74.3 cm³/mol. The van der Waals surface area contributed by atoms with Crippen LogP contribution in [0.2, 0.25) is 0 Å². The molecule has 3 unspecified atom stereocenters. The van der Waals surface area contributed by atoms with Gasteiger partial charge < -0.3 is 29.9 Å². The Labute approximate surface area is 123 Å². The third-order valence-corrected chi connectivity index (χ3v) is 3.95. The minimum absolute atomic E-state index is 0.0962. The third-order valence-electron chi connectivity index (χ3n) is 2.92. The Bertz CT molecular complexity index is 409. The van der Waals surface area contributed by atoms with Crippen LogP contribution in [-0.4, -0.2) is 55.6 Å². The number of hydrogen-bond acceptors (Lipinski definition) is 6.